The quantitative estimate of drug-likeness (QED) is 0.124. The van der Waals surface area contributed by atoms with E-state index < -0.39 is 41.4 Å². The van der Waals surface area contributed by atoms with E-state index in [1.165, 1.54) is 17.2 Å². The van der Waals surface area contributed by atoms with E-state index in [9.17, 15) is 24.6 Å². The number of thiazole rings is 1. The number of nitrogens with one attached hydrogen (secondary N) is 1. The maximum absolute atomic E-state index is 13.6. The summed E-state index contributed by atoms with van der Waals surface area (Å²) in [5, 5.41) is 26.7. The number of methoxy groups -OCH3 is 1. The van der Waals surface area contributed by atoms with Crippen LogP contribution in [0, 0.1) is 12.3 Å². The molecule has 3 aromatic rings. The second-order valence-electron chi connectivity index (χ2n) is 13.4. The van der Waals surface area contributed by atoms with Gasteiger partial charge < -0.3 is 29.9 Å². The average molecular weight is 689 g/mol. The first kappa shape index (κ1) is 34.6. The molecule has 0 spiro atoms. The summed E-state index contributed by atoms with van der Waals surface area (Å²) in [6.07, 6.45) is 9.95. The van der Waals surface area contributed by atoms with Crippen molar-refractivity contribution in [2.24, 2.45) is 5.41 Å². The summed E-state index contributed by atoms with van der Waals surface area (Å²) >= 11 is 1.54. The zero-order chi connectivity index (χ0) is 34.7. The van der Waals surface area contributed by atoms with Crippen molar-refractivity contribution in [1.82, 2.24) is 20.2 Å². The summed E-state index contributed by atoms with van der Waals surface area (Å²) in [6, 6.07) is 4.70. The van der Waals surface area contributed by atoms with Crippen LogP contribution in [0.2, 0.25) is 0 Å². The lowest BCUT2D eigenvalue weighted by atomic mass is 10.1. The van der Waals surface area contributed by atoms with E-state index in [1.54, 1.807) is 18.4 Å². The fourth-order valence-electron chi connectivity index (χ4n) is 6.42. The molecule has 2 amide bonds. The van der Waals surface area contributed by atoms with Crippen molar-refractivity contribution in [3.63, 3.8) is 0 Å². The van der Waals surface area contributed by atoms with Crippen LogP contribution in [0.25, 0.3) is 21.6 Å². The monoisotopic (exact) mass is 688 g/mol. The van der Waals surface area contributed by atoms with Crippen LogP contribution in [0.15, 0.2) is 48.5 Å². The Morgan fingerprint density at radius 2 is 1.98 bits per heavy atom. The minimum atomic E-state index is -1.26. The third-order valence-corrected chi connectivity index (χ3v) is 10.6. The van der Waals surface area contributed by atoms with E-state index >= 15 is 0 Å². The molecule has 2 saturated carbocycles. The van der Waals surface area contributed by atoms with Crippen molar-refractivity contribution in [3.05, 3.63) is 59.8 Å². The van der Waals surface area contributed by atoms with Crippen molar-refractivity contribution in [2.75, 3.05) is 13.7 Å². The zero-order valence-electron chi connectivity index (χ0n) is 28.0. The maximum Gasteiger partial charge on any atom is 0.313 e. The Labute approximate surface area is 290 Å². The second kappa shape index (κ2) is 14.7. The third kappa shape index (κ3) is 7.65. The van der Waals surface area contributed by atoms with Crippen molar-refractivity contribution in [1.29, 1.82) is 0 Å². The molecule has 3 heterocycles. The van der Waals surface area contributed by atoms with Gasteiger partial charge in [-0.2, -0.15) is 0 Å². The summed E-state index contributed by atoms with van der Waals surface area (Å²) in [4.78, 5) is 50.0. The van der Waals surface area contributed by atoms with Crippen LogP contribution in [-0.4, -0.2) is 74.8 Å². The van der Waals surface area contributed by atoms with Crippen LogP contribution in [0.5, 0.6) is 11.5 Å². The molecule has 11 nitrogen and oxygen atoms in total. The van der Waals surface area contributed by atoms with E-state index in [0.717, 1.165) is 53.8 Å². The zero-order valence-corrected chi connectivity index (χ0v) is 28.8. The summed E-state index contributed by atoms with van der Waals surface area (Å²) in [6.45, 7) is 5.77. The van der Waals surface area contributed by atoms with E-state index in [-0.39, 0.29) is 19.4 Å². The number of fused-ring (bicyclic) bond motifs is 1. The van der Waals surface area contributed by atoms with E-state index in [1.807, 2.05) is 31.2 Å². The number of amides is 2. The molecule has 2 aliphatic carbocycles. The van der Waals surface area contributed by atoms with Gasteiger partial charge in [0.15, 0.2) is 0 Å². The molecule has 0 radical (unpaired) electrons. The highest BCUT2D eigenvalue weighted by Gasteiger charge is 2.48. The van der Waals surface area contributed by atoms with Crippen LogP contribution in [0.4, 0.5) is 0 Å². The number of likely N-dealkylation sites (tertiary alicyclic amines) is 1. The molecule has 12 heteroatoms. The number of carbonyl (C=O) groups excluding carboxylic acids is 2. The van der Waals surface area contributed by atoms with E-state index in [2.05, 4.69) is 17.3 Å². The van der Waals surface area contributed by atoms with E-state index in [4.69, 9.17) is 19.4 Å². The molecular weight excluding hydrogens is 644 g/mol. The number of pyridine rings is 1. The predicted molar refractivity (Wildman–Crippen MR) is 187 cm³/mol. The Bertz CT molecular complexity index is 1760. The van der Waals surface area contributed by atoms with Gasteiger partial charge in [0.1, 0.15) is 40.5 Å². The highest BCUT2D eigenvalue weighted by molar-refractivity contribution is 7.13. The minimum Gasteiger partial charge on any atom is -0.496 e. The minimum absolute atomic E-state index is 0.0879. The first-order valence-electron chi connectivity index (χ1n) is 17.1. The maximum atomic E-state index is 13.6. The number of benzene rings is 1. The van der Waals surface area contributed by atoms with Crippen LogP contribution >= 0.6 is 11.3 Å². The van der Waals surface area contributed by atoms with Gasteiger partial charge in [-0.25, -0.2) is 9.97 Å². The molecule has 49 heavy (non-hydrogen) atoms. The molecule has 3 aliphatic rings. The van der Waals surface area contributed by atoms with Gasteiger partial charge in [-0.3, -0.25) is 14.4 Å². The predicted octanol–water partition coefficient (Wildman–Crippen LogP) is 5.89. The summed E-state index contributed by atoms with van der Waals surface area (Å²) in [7, 11) is 1.62. The van der Waals surface area contributed by atoms with Gasteiger partial charge >= 0.3 is 5.97 Å². The molecule has 6 rings (SSSR count). The Hall–Kier alpha value is -4.29. The summed E-state index contributed by atoms with van der Waals surface area (Å²) in [5.74, 6) is -0.182. The molecular formula is C37H44N4O7S. The van der Waals surface area contributed by atoms with Crippen LogP contribution in [-0.2, 0) is 14.4 Å². The van der Waals surface area contributed by atoms with Crippen LogP contribution < -0.4 is 14.8 Å². The second-order valence-corrected chi connectivity index (χ2v) is 14.2. The number of rotatable bonds is 16. The number of hydrogen-bond donors (Lipinski definition) is 3. The van der Waals surface area contributed by atoms with Gasteiger partial charge in [-0.05, 0) is 64.0 Å². The van der Waals surface area contributed by atoms with Gasteiger partial charge in [0.05, 0.1) is 30.3 Å². The van der Waals surface area contributed by atoms with Crippen molar-refractivity contribution in [3.8, 4) is 22.2 Å². The number of aryl methyl sites for hydroxylation is 1. The van der Waals surface area contributed by atoms with Gasteiger partial charge in [-0.15, -0.1) is 17.9 Å². The first-order valence-corrected chi connectivity index (χ1v) is 17.9. The van der Waals surface area contributed by atoms with Gasteiger partial charge in [0, 0.05) is 40.9 Å². The molecule has 1 aliphatic heterocycles. The topological polar surface area (TPSA) is 151 Å². The Morgan fingerprint density at radius 1 is 1.18 bits per heavy atom. The molecule has 1 aromatic carbocycles. The molecule has 3 fully saturated rings. The number of hydrogen-bond acceptors (Lipinski definition) is 9. The number of unbranched alkanes of at least 4 members (excludes halogenated alkanes) is 3. The van der Waals surface area contributed by atoms with Crippen molar-refractivity contribution in [2.45, 2.75) is 95.3 Å². The lowest BCUT2D eigenvalue weighted by Gasteiger charge is -2.25. The number of nitrogens with zero attached hydrogens (tertiary/aromatic N) is 3. The molecule has 0 bridgehead atoms. The highest BCUT2D eigenvalue weighted by atomic mass is 32.1. The fourth-order valence-corrected chi connectivity index (χ4v) is 7.28. The third-order valence-electron chi connectivity index (χ3n) is 9.76. The molecule has 260 valence electrons. The highest BCUT2D eigenvalue weighted by Crippen LogP contribution is 2.47. The van der Waals surface area contributed by atoms with Crippen molar-refractivity contribution >= 4 is 40.0 Å². The number of aromatic nitrogens is 2. The normalized spacial score (nSPS) is 20.3. The number of ether oxygens (including phenoxy) is 2. The van der Waals surface area contributed by atoms with Gasteiger partial charge in [-0.1, -0.05) is 25.0 Å². The molecule has 1 unspecified atom stereocenters. The number of carboxylic acid groups (broad SMARTS) is 1. The number of aliphatic carboxylic acids is 1. The number of aliphatic hydroxyl groups excluding tert-OH is 1. The van der Waals surface area contributed by atoms with E-state index in [0.29, 0.717) is 47.9 Å². The SMILES string of the molecule is C=CCCCCCC(O)C(=O)N1C[C@H](Oc2cc(-c3nc(C4CC4)cs3)nc3c(C)c(OC)ccc23)C[C@H]1C(=O)NC=CC1(C(=O)O)CC1. The number of carboxylic acids is 1. The van der Waals surface area contributed by atoms with Crippen LogP contribution in [0.3, 0.4) is 0 Å². The number of aliphatic hydroxyl groups is 1. The smallest absolute Gasteiger partial charge is 0.313 e. The Kier molecular flexibility index (Phi) is 10.4. The summed E-state index contributed by atoms with van der Waals surface area (Å²) in [5.41, 5.74) is 2.35. The lowest BCUT2D eigenvalue weighted by molar-refractivity contribution is -0.145. The van der Waals surface area contributed by atoms with Gasteiger partial charge in [0.2, 0.25) is 5.91 Å². The first-order chi connectivity index (χ1) is 23.6. The largest absolute Gasteiger partial charge is 0.496 e. The Balaban J connectivity index is 1.26. The fraction of sp³-hybridized carbons (Fsp3) is 0.486. The molecule has 3 atom stereocenters. The Morgan fingerprint density at radius 3 is 2.67 bits per heavy atom. The molecule has 1 saturated heterocycles. The lowest BCUT2D eigenvalue weighted by Crippen LogP contribution is -2.48. The molecule has 2 aromatic heterocycles. The molecule has 3 N–H and O–H groups in total. The van der Waals surface area contributed by atoms with Crippen LogP contribution in [0.1, 0.15) is 81.4 Å². The number of allylic oxidation sites excluding steroid dienone is 1. The average Bonchev–Trinajstić information content (AvgIpc) is 4.01. The van der Waals surface area contributed by atoms with Gasteiger partial charge in [0.25, 0.3) is 5.91 Å². The number of carbonyl (C=O) groups is 3. The standard InChI is InChI=1S/C37H44N4O7S/c1-4-5-6-7-8-9-29(42)35(44)41-20-24(18-28(41)33(43)38-17-16-37(14-15-37)36(45)46)48-31-19-26(34-40-27(21-49-34)23-10-11-23)39-32-22(2)30(47-3)13-12-25(31)32/h4,12-13,16-17,19,21,23-24,28-29,42H,1,5-11,14-15,18,20H2,2-3H3,(H,38,43)(H,45,46)/t24-,28+,29?/m1/s1. The van der Waals surface area contributed by atoms with Crippen molar-refractivity contribution < 1.29 is 34.1 Å². The summed E-state index contributed by atoms with van der Waals surface area (Å²) < 4.78 is 12.2.